The van der Waals surface area contributed by atoms with E-state index in [1.165, 1.54) is 27.2 Å². The molecule has 2 heteroatoms. The van der Waals surface area contributed by atoms with Crippen LogP contribution in [0.15, 0.2) is 78.9 Å². The van der Waals surface area contributed by atoms with Crippen LogP contribution in [-0.4, -0.2) is 7.05 Å². The molecular weight excluding hydrogens is 285 g/mol. The quantitative estimate of drug-likeness (QED) is 0.723. The molecule has 0 aromatic heterocycles. The van der Waals surface area contributed by atoms with Crippen molar-refractivity contribution in [1.29, 1.82) is 0 Å². The Labute approximate surface area is 133 Å². The smallest absolute Gasteiger partial charge is 0.0367 e. The Kier molecular flexibility index (Phi) is 4.56. The Bertz CT molecular complexity index is 699. The fourth-order valence-corrected chi connectivity index (χ4v) is 5.05. The Morgan fingerprint density at radius 2 is 1.23 bits per heavy atom. The standard InChI is InChI=1S/C20H20NP/c1-16-15-19(13-14-20(16)21-2)22(17-9-5-3-6-10-17)18-11-7-4-8-12-18/h3-15,21H,1-2H3. The van der Waals surface area contributed by atoms with E-state index in [0.29, 0.717) is 0 Å². The van der Waals surface area contributed by atoms with Gasteiger partial charge in [0.1, 0.15) is 0 Å². The van der Waals surface area contributed by atoms with Crippen molar-refractivity contribution < 1.29 is 0 Å². The number of aryl methyl sites for hydroxylation is 1. The second-order valence-electron chi connectivity index (χ2n) is 5.26. The van der Waals surface area contributed by atoms with Crippen molar-refractivity contribution >= 4 is 29.5 Å². The van der Waals surface area contributed by atoms with Crippen LogP contribution in [0.3, 0.4) is 0 Å². The number of nitrogens with one attached hydrogen (secondary N) is 1. The van der Waals surface area contributed by atoms with Crippen molar-refractivity contribution in [2.24, 2.45) is 0 Å². The summed E-state index contributed by atoms with van der Waals surface area (Å²) in [6, 6.07) is 28.4. The summed E-state index contributed by atoms with van der Waals surface area (Å²) < 4.78 is 0. The Morgan fingerprint density at radius 1 is 0.682 bits per heavy atom. The predicted octanol–water partition coefficient (Wildman–Crippen LogP) is 3.79. The van der Waals surface area contributed by atoms with Crippen molar-refractivity contribution in [3.63, 3.8) is 0 Å². The third-order valence-electron chi connectivity index (χ3n) is 3.77. The molecule has 0 heterocycles. The topological polar surface area (TPSA) is 12.0 Å². The third kappa shape index (κ3) is 3.05. The summed E-state index contributed by atoms with van der Waals surface area (Å²) in [7, 11) is 1.46. The van der Waals surface area contributed by atoms with Crippen LogP contribution < -0.4 is 21.2 Å². The van der Waals surface area contributed by atoms with Crippen molar-refractivity contribution in [2.75, 3.05) is 12.4 Å². The van der Waals surface area contributed by atoms with Gasteiger partial charge in [0.05, 0.1) is 0 Å². The molecule has 0 amide bonds. The maximum atomic E-state index is 3.25. The van der Waals surface area contributed by atoms with Gasteiger partial charge in [-0.3, -0.25) is 0 Å². The highest BCUT2D eigenvalue weighted by Gasteiger charge is 2.16. The van der Waals surface area contributed by atoms with Crippen LogP contribution >= 0.6 is 7.92 Å². The molecule has 3 aromatic carbocycles. The van der Waals surface area contributed by atoms with E-state index in [1.807, 2.05) is 7.05 Å². The number of hydrogen-bond acceptors (Lipinski definition) is 1. The summed E-state index contributed by atoms with van der Waals surface area (Å²) in [5, 5.41) is 7.42. The first-order valence-corrected chi connectivity index (χ1v) is 8.82. The van der Waals surface area contributed by atoms with Gasteiger partial charge in [0.15, 0.2) is 0 Å². The lowest BCUT2D eigenvalue weighted by atomic mass is 10.2. The lowest BCUT2D eigenvalue weighted by Gasteiger charge is -2.20. The summed E-state index contributed by atoms with van der Waals surface area (Å²) in [6.45, 7) is 2.17. The number of rotatable bonds is 4. The minimum atomic E-state index is -0.507. The van der Waals surface area contributed by atoms with Gasteiger partial charge in [-0.1, -0.05) is 66.7 Å². The van der Waals surface area contributed by atoms with Gasteiger partial charge in [-0.25, -0.2) is 0 Å². The average Bonchev–Trinajstić information content (AvgIpc) is 2.57. The Hall–Kier alpha value is -2.11. The normalized spacial score (nSPS) is 10.7. The average molecular weight is 305 g/mol. The van der Waals surface area contributed by atoms with Crippen molar-refractivity contribution in [1.82, 2.24) is 0 Å². The molecule has 0 bridgehead atoms. The molecule has 3 aromatic rings. The highest BCUT2D eigenvalue weighted by molar-refractivity contribution is 7.79. The van der Waals surface area contributed by atoms with Gasteiger partial charge in [0.25, 0.3) is 0 Å². The van der Waals surface area contributed by atoms with Crippen LogP contribution in [-0.2, 0) is 0 Å². The Morgan fingerprint density at radius 3 is 1.68 bits per heavy atom. The van der Waals surface area contributed by atoms with E-state index in [-0.39, 0.29) is 0 Å². The maximum absolute atomic E-state index is 3.25. The highest BCUT2D eigenvalue weighted by atomic mass is 31.1. The summed E-state index contributed by atoms with van der Waals surface area (Å²) in [4.78, 5) is 0. The van der Waals surface area contributed by atoms with E-state index in [2.05, 4.69) is 91.1 Å². The van der Waals surface area contributed by atoms with E-state index in [1.54, 1.807) is 0 Å². The molecule has 22 heavy (non-hydrogen) atoms. The molecule has 0 fully saturated rings. The van der Waals surface area contributed by atoms with Gasteiger partial charge < -0.3 is 5.32 Å². The van der Waals surface area contributed by atoms with Crippen molar-refractivity contribution in [3.8, 4) is 0 Å². The molecule has 0 aliphatic carbocycles. The summed E-state index contributed by atoms with van der Waals surface area (Å²) in [5.41, 5.74) is 2.49. The van der Waals surface area contributed by atoms with Gasteiger partial charge in [-0.15, -0.1) is 0 Å². The first kappa shape index (κ1) is 14.8. The largest absolute Gasteiger partial charge is 0.388 e. The molecule has 0 aliphatic rings. The zero-order valence-corrected chi connectivity index (χ0v) is 13.8. The molecule has 1 nitrogen and oxygen atoms in total. The molecule has 0 aliphatic heterocycles. The fraction of sp³-hybridized carbons (Fsp3) is 0.100. The number of benzene rings is 3. The van der Waals surface area contributed by atoms with E-state index in [0.717, 1.165) is 0 Å². The van der Waals surface area contributed by atoms with Crippen LogP contribution in [0.1, 0.15) is 5.56 Å². The molecule has 0 unspecified atom stereocenters. The third-order valence-corrected chi connectivity index (χ3v) is 6.19. The highest BCUT2D eigenvalue weighted by Crippen LogP contribution is 2.33. The van der Waals surface area contributed by atoms with Crippen LogP contribution in [0.5, 0.6) is 0 Å². The molecule has 0 saturated heterocycles. The van der Waals surface area contributed by atoms with Gasteiger partial charge >= 0.3 is 0 Å². The lowest BCUT2D eigenvalue weighted by Crippen LogP contribution is -2.20. The monoisotopic (exact) mass is 305 g/mol. The SMILES string of the molecule is CNc1ccc(P(c2ccccc2)c2ccccc2)cc1C. The predicted molar refractivity (Wildman–Crippen MR) is 99.4 cm³/mol. The molecule has 0 radical (unpaired) electrons. The van der Waals surface area contributed by atoms with Crippen LogP contribution in [0.2, 0.25) is 0 Å². The summed E-state index contributed by atoms with van der Waals surface area (Å²) >= 11 is 0. The van der Waals surface area contributed by atoms with Gasteiger partial charge in [-0.2, -0.15) is 0 Å². The molecule has 0 saturated carbocycles. The molecule has 3 rings (SSSR count). The van der Waals surface area contributed by atoms with Crippen LogP contribution in [0.4, 0.5) is 5.69 Å². The summed E-state index contributed by atoms with van der Waals surface area (Å²) in [6.07, 6.45) is 0. The first-order chi connectivity index (χ1) is 10.8. The lowest BCUT2D eigenvalue weighted by molar-refractivity contribution is 1.42. The van der Waals surface area contributed by atoms with E-state index >= 15 is 0 Å². The zero-order valence-electron chi connectivity index (χ0n) is 13.0. The van der Waals surface area contributed by atoms with E-state index in [9.17, 15) is 0 Å². The van der Waals surface area contributed by atoms with Gasteiger partial charge in [0, 0.05) is 12.7 Å². The molecule has 0 spiro atoms. The Balaban J connectivity index is 2.12. The van der Waals surface area contributed by atoms with E-state index < -0.39 is 7.92 Å². The second-order valence-corrected chi connectivity index (χ2v) is 7.48. The zero-order chi connectivity index (χ0) is 15.4. The van der Waals surface area contributed by atoms with E-state index in [4.69, 9.17) is 0 Å². The molecular formula is C20H20NP. The number of anilines is 1. The second kappa shape index (κ2) is 6.77. The molecule has 0 atom stereocenters. The molecule has 1 N–H and O–H groups in total. The minimum Gasteiger partial charge on any atom is -0.388 e. The minimum absolute atomic E-state index is 0.507. The van der Waals surface area contributed by atoms with Crippen molar-refractivity contribution in [2.45, 2.75) is 6.92 Å². The van der Waals surface area contributed by atoms with Gasteiger partial charge in [0.2, 0.25) is 0 Å². The van der Waals surface area contributed by atoms with Crippen molar-refractivity contribution in [3.05, 3.63) is 84.4 Å². The fourth-order valence-electron chi connectivity index (χ4n) is 2.67. The van der Waals surface area contributed by atoms with Crippen LogP contribution in [0, 0.1) is 6.92 Å². The maximum Gasteiger partial charge on any atom is 0.0367 e. The van der Waals surface area contributed by atoms with Gasteiger partial charge in [-0.05, 0) is 48.5 Å². The molecule has 110 valence electrons. The van der Waals surface area contributed by atoms with Crippen LogP contribution in [0.25, 0.3) is 0 Å². The first-order valence-electron chi connectivity index (χ1n) is 7.48. The number of hydrogen-bond donors (Lipinski definition) is 1. The summed E-state index contributed by atoms with van der Waals surface area (Å²) in [5.74, 6) is 0.